The molecule has 0 radical (unpaired) electrons. The molecule has 0 bridgehead atoms. The molecule has 0 aliphatic carbocycles. The van der Waals surface area contributed by atoms with Crippen molar-refractivity contribution in [3.8, 4) is 0 Å². The first-order valence-corrected chi connectivity index (χ1v) is 8.83. The van der Waals surface area contributed by atoms with Crippen LogP contribution in [0.15, 0.2) is 29.3 Å². The summed E-state index contributed by atoms with van der Waals surface area (Å²) in [5.74, 6) is 0.633. The Labute approximate surface area is 171 Å². The van der Waals surface area contributed by atoms with Gasteiger partial charge in [0.15, 0.2) is 5.96 Å². The molecule has 1 aromatic carbocycles. The van der Waals surface area contributed by atoms with E-state index >= 15 is 0 Å². The number of halogens is 2. The number of hydrogen-bond donors (Lipinski definition) is 1. The van der Waals surface area contributed by atoms with Crippen LogP contribution in [0.4, 0.5) is 9.18 Å². The Hall–Kier alpha value is -1.58. The summed E-state index contributed by atoms with van der Waals surface area (Å²) in [5, 5.41) is 3.30. The maximum atomic E-state index is 12.9. The van der Waals surface area contributed by atoms with E-state index < -0.39 is 0 Å². The molecule has 26 heavy (non-hydrogen) atoms. The number of amides is 1. The summed E-state index contributed by atoms with van der Waals surface area (Å²) in [6.45, 7) is 8.35. The Balaban J connectivity index is 0.00000338. The fourth-order valence-corrected chi connectivity index (χ4v) is 2.68. The van der Waals surface area contributed by atoms with Crippen molar-refractivity contribution < 1.29 is 13.9 Å². The lowest BCUT2D eigenvalue weighted by Gasteiger charge is -2.35. The molecule has 2 rings (SSSR count). The molecule has 1 fully saturated rings. The predicted octanol–water partition coefficient (Wildman–Crippen LogP) is 2.73. The second-order valence-corrected chi connectivity index (χ2v) is 5.79. The zero-order valence-electron chi connectivity index (χ0n) is 15.4. The van der Waals surface area contributed by atoms with Crippen LogP contribution in [0.25, 0.3) is 0 Å². The minimum Gasteiger partial charge on any atom is -0.450 e. The van der Waals surface area contributed by atoms with Gasteiger partial charge in [-0.25, -0.2) is 9.18 Å². The average molecular weight is 478 g/mol. The van der Waals surface area contributed by atoms with Crippen molar-refractivity contribution in [2.45, 2.75) is 20.3 Å². The van der Waals surface area contributed by atoms with Crippen molar-refractivity contribution in [1.82, 2.24) is 15.1 Å². The Kier molecular flexibility index (Phi) is 10.3. The summed E-state index contributed by atoms with van der Waals surface area (Å²) in [7, 11) is 0. The number of nitrogens with zero attached hydrogens (tertiary/aromatic N) is 3. The second kappa shape index (κ2) is 11.9. The van der Waals surface area contributed by atoms with Crippen LogP contribution in [0.3, 0.4) is 0 Å². The molecule has 8 heteroatoms. The van der Waals surface area contributed by atoms with Crippen molar-refractivity contribution >= 4 is 36.0 Å². The number of carbonyl (C=O) groups is 1. The van der Waals surface area contributed by atoms with Crippen molar-refractivity contribution in [3.05, 3.63) is 35.6 Å². The average Bonchev–Trinajstić information content (AvgIpc) is 2.63. The first kappa shape index (κ1) is 22.5. The van der Waals surface area contributed by atoms with Crippen LogP contribution >= 0.6 is 24.0 Å². The molecule has 1 N–H and O–H groups in total. The van der Waals surface area contributed by atoms with E-state index in [1.807, 2.05) is 13.8 Å². The molecule has 1 amide bonds. The number of rotatable bonds is 5. The fraction of sp³-hybridized carbons (Fsp3) is 0.556. The van der Waals surface area contributed by atoms with E-state index in [9.17, 15) is 9.18 Å². The molecule has 0 unspecified atom stereocenters. The lowest BCUT2D eigenvalue weighted by atomic mass is 10.1. The van der Waals surface area contributed by atoms with Gasteiger partial charge in [-0.1, -0.05) is 12.1 Å². The van der Waals surface area contributed by atoms with Crippen LogP contribution in [0.5, 0.6) is 0 Å². The van der Waals surface area contributed by atoms with E-state index in [2.05, 4.69) is 15.2 Å². The van der Waals surface area contributed by atoms with Crippen LogP contribution in [0.1, 0.15) is 19.4 Å². The fourth-order valence-electron chi connectivity index (χ4n) is 2.68. The molecular weight excluding hydrogens is 450 g/mol. The molecule has 6 nitrogen and oxygen atoms in total. The summed E-state index contributed by atoms with van der Waals surface area (Å²) in [5.41, 5.74) is 1.06. The normalized spacial score (nSPS) is 14.7. The van der Waals surface area contributed by atoms with Gasteiger partial charge in [0.2, 0.25) is 0 Å². The number of carbonyl (C=O) groups excluding carboxylic acids is 1. The number of aliphatic imine (C=N–C) groups is 1. The first-order valence-electron chi connectivity index (χ1n) is 8.83. The van der Waals surface area contributed by atoms with E-state index in [-0.39, 0.29) is 35.9 Å². The maximum Gasteiger partial charge on any atom is 0.409 e. The highest BCUT2D eigenvalue weighted by atomic mass is 127. The molecule has 1 aliphatic rings. The van der Waals surface area contributed by atoms with Gasteiger partial charge in [-0.3, -0.25) is 4.99 Å². The Morgan fingerprint density at radius 1 is 1.15 bits per heavy atom. The Morgan fingerprint density at radius 2 is 1.77 bits per heavy atom. The Bertz CT molecular complexity index is 575. The third-order valence-electron chi connectivity index (χ3n) is 4.02. The second-order valence-electron chi connectivity index (χ2n) is 5.79. The first-order chi connectivity index (χ1) is 12.1. The van der Waals surface area contributed by atoms with Gasteiger partial charge in [0.05, 0.1) is 6.61 Å². The van der Waals surface area contributed by atoms with E-state index in [4.69, 9.17) is 4.74 Å². The van der Waals surface area contributed by atoms with Gasteiger partial charge in [-0.2, -0.15) is 0 Å². The molecule has 1 heterocycles. The minimum absolute atomic E-state index is 0. The Morgan fingerprint density at radius 3 is 2.35 bits per heavy atom. The van der Waals surface area contributed by atoms with Crippen LogP contribution in [-0.4, -0.2) is 67.7 Å². The highest BCUT2D eigenvalue weighted by Gasteiger charge is 2.23. The molecule has 1 aromatic rings. The monoisotopic (exact) mass is 478 g/mol. The molecule has 1 aliphatic heterocycles. The van der Waals surface area contributed by atoms with E-state index in [1.165, 1.54) is 12.1 Å². The number of benzene rings is 1. The zero-order chi connectivity index (χ0) is 18.1. The summed E-state index contributed by atoms with van der Waals surface area (Å²) in [6.07, 6.45) is 0.512. The molecule has 1 saturated heterocycles. The smallest absolute Gasteiger partial charge is 0.409 e. The van der Waals surface area contributed by atoms with E-state index in [0.29, 0.717) is 26.2 Å². The number of nitrogens with one attached hydrogen (secondary N) is 1. The predicted molar refractivity (Wildman–Crippen MR) is 112 cm³/mol. The van der Waals surface area contributed by atoms with Crippen LogP contribution in [-0.2, 0) is 11.2 Å². The van der Waals surface area contributed by atoms with Crippen molar-refractivity contribution in [3.63, 3.8) is 0 Å². The topological polar surface area (TPSA) is 57.2 Å². The molecule has 146 valence electrons. The molecule has 0 spiro atoms. The lowest BCUT2D eigenvalue weighted by molar-refractivity contribution is 0.0914. The molecule has 0 saturated carbocycles. The van der Waals surface area contributed by atoms with Crippen LogP contribution < -0.4 is 5.32 Å². The van der Waals surface area contributed by atoms with Gasteiger partial charge in [0.1, 0.15) is 5.82 Å². The summed E-state index contributed by atoms with van der Waals surface area (Å²) < 4.78 is 18.0. The summed E-state index contributed by atoms with van der Waals surface area (Å²) in [6, 6.07) is 6.52. The zero-order valence-corrected chi connectivity index (χ0v) is 17.7. The maximum absolute atomic E-state index is 12.9. The van der Waals surface area contributed by atoms with Gasteiger partial charge in [-0.05, 0) is 38.0 Å². The van der Waals surface area contributed by atoms with Gasteiger partial charge in [0, 0.05) is 39.3 Å². The largest absolute Gasteiger partial charge is 0.450 e. The van der Waals surface area contributed by atoms with Gasteiger partial charge in [-0.15, -0.1) is 24.0 Å². The van der Waals surface area contributed by atoms with E-state index in [0.717, 1.165) is 37.6 Å². The van der Waals surface area contributed by atoms with Crippen molar-refractivity contribution in [2.75, 3.05) is 45.9 Å². The number of guanidine groups is 1. The van der Waals surface area contributed by atoms with Crippen LogP contribution in [0.2, 0.25) is 0 Å². The summed E-state index contributed by atoms with van der Waals surface area (Å²) >= 11 is 0. The van der Waals surface area contributed by atoms with Gasteiger partial charge in [0.25, 0.3) is 0 Å². The van der Waals surface area contributed by atoms with Gasteiger partial charge < -0.3 is 19.9 Å². The number of piperazine rings is 1. The highest BCUT2D eigenvalue weighted by Crippen LogP contribution is 2.06. The molecule has 0 atom stereocenters. The SMILES string of the molecule is CCNC(=NCCc1ccc(F)cc1)N1CCN(C(=O)OCC)CC1.I. The highest BCUT2D eigenvalue weighted by molar-refractivity contribution is 14.0. The third kappa shape index (κ3) is 6.97. The number of ether oxygens (including phenoxy) is 1. The van der Waals surface area contributed by atoms with Crippen molar-refractivity contribution in [1.29, 1.82) is 0 Å². The van der Waals surface area contributed by atoms with Crippen molar-refractivity contribution in [2.24, 2.45) is 4.99 Å². The van der Waals surface area contributed by atoms with Crippen LogP contribution in [0, 0.1) is 5.82 Å². The van der Waals surface area contributed by atoms with E-state index in [1.54, 1.807) is 17.0 Å². The minimum atomic E-state index is -0.250. The quantitative estimate of drug-likeness (QED) is 0.402. The third-order valence-corrected chi connectivity index (χ3v) is 4.02. The van der Waals surface area contributed by atoms with Gasteiger partial charge >= 0.3 is 6.09 Å². The lowest BCUT2D eigenvalue weighted by Crippen LogP contribution is -2.54. The summed E-state index contributed by atoms with van der Waals surface area (Å²) in [4.78, 5) is 20.3. The standard InChI is InChI=1S/C18H27FN4O2.HI/c1-3-20-17(21-10-9-15-5-7-16(19)8-6-15)22-11-13-23(14-12-22)18(24)25-4-2;/h5-8H,3-4,9-14H2,1-2H3,(H,20,21);1H. The number of hydrogen-bond acceptors (Lipinski definition) is 3. The molecular formula is C18H28FIN4O2. The molecule has 0 aromatic heterocycles.